The predicted molar refractivity (Wildman–Crippen MR) is 136 cm³/mol. The van der Waals surface area contributed by atoms with Gasteiger partial charge in [-0.1, -0.05) is 56.3 Å². The van der Waals surface area contributed by atoms with Crippen LogP contribution in [0.2, 0.25) is 0 Å². The van der Waals surface area contributed by atoms with Crippen LogP contribution in [0.5, 0.6) is 5.75 Å². The number of para-hydroxylation sites is 1. The molecule has 180 valence electrons. The van der Waals surface area contributed by atoms with Crippen LogP contribution in [0.3, 0.4) is 0 Å². The van der Waals surface area contributed by atoms with Crippen LogP contribution in [0.1, 0.15) is 42.6 Å². The summed E-state index contributed by atoms with van der Waals surface area (Å²) >= 11 is 0. The van der Waals surface area contributed by atoms with Crippen LogP contribution in [-0.4, -0.2) is 38.3 Å². The number of hydrogen-bond donors (Lipinski definition) is 1. The Hall–Kier alpha value is -3.16. The first-order chi connectivity index (χ1) is 16.5. The normalized spacial score (nSPS) is 11.4. The van der Waals surface area contributed by atoms with E-state index in [1.807, 2.05) is 50.2 Å². The molecule has 0 unspecified atom stereocenters. The van der Waals surface area contributed by atoms with Crippen LogP contribution in [-0.2, 0) is 16.4 Å². The van der Waals surface area contributed by atoms with E-state index in [9.17, 15) is 13.2 Å². The van der Waals surface area contributed by atoms with Crippen molar-refractivity contribution in [1.82, 2.24) is 4.31 Å². The summed E-state index contributed by atoms with van der Waals surface area (Å²) in [5.41, 5.74) is 2.10. The maximum Gasteiger partial charge on any atom is 0.259 e. The van der Waals surface area contributed by atoms with E-state index in [1.165, 1.54) is 16.4 Å². The Morgan fingerprint density at radius 2 is 1.47 bits per heavy atom. The number of benzene rings is 3. The van der Waals surface area contributed by atoms with Crippen molar-refractivity contribution in [3.05, 3.63) is 90.0 Å². The minimum atomic E-state index is -3.56. The average Bonchev–Trinajstić information content (AvgIpc) is 2.85. The second-order valence-electron chi connectivity index (χ2n) is 7.96. The molecule has 6 nitrogen and oxygen atoms in total. The number of carbonyl (C=O) groups is 1. The van der Waals surface area contributed by atoms with Crippen LogP contribution < -0.4 is 10.1 Å². The molecule has 3 rings (SSSR count). The standard InChI is InChI=1S/C27H32N2O4S/c1-3-19-29(20-4-2)34(31,32)24-16-14-23(15-17-24)28-27(30)25-12-8-9-13-26(25)33-21-18-22-10-6-5-7-11-22/h5-17H,3-4,18-21H2,1-2H3,(H,28,30). The Bertz CT molecular complexity index is 1160. The average molecular weight is 481 g/mol. The predicted octanol–water partition coefficient (Wildman–Crippen LogP) is 5.37. The third-order valence-electron chi connectivity index (χ3n) is 5.32. The van der Waals surface area contributed by atoms with Crippen molar-refractivity contribution in [2.24, 2.45) is 0 Å². The van der Waals surface area contributed by atoms with E-state index in [2.05, 4.69) is 5.32 Å². The van der Waals surface area contributed by atoms with Crippen molar-refractivity contribution in [1.29, 1.82) is 0 Å². The van der Waals surface area contributed by atoms with Crippen LogP contribution in [0.25, 0.3) is 0 Å². The summed E-state index contributed by atoms with van der Waals surface area (Å²) in [7, 11) is -3.56. The Labute approximate surface area is 202 Å². The summed E-state index contributed by atoms with van der Waals surface area (Å²) in [5.74, 6) is 0.189. The second-order valence-corrected chi connectivity index (χ2v) is 9.90. The molecule has 0 aliphatic heterocycles. The quantitative estimate of drug-likeness (QED) is 0.378. The molecule has 7 heteroatoms. The van der Waals surface area contributed by atoms with Crippen molar-refractivity contribution in [2.75, 3.05) is 25.0 Å². The van der Waals surface area contributed by atoms with E-state index in [4.69, 9.17) is 4.74 Å². The fourth-order valence-corrected chi connectivity index (χ4v) is 5.24. The van der Waals surface area contributed by atoms with Gasteiger partial charge in [0, 0.05) is 25.2 Å². The number of amides is 1. The van der Waals surface area contributed by atoms with Crippen molar-refractivity contribution < 1.29 is 17.9 Å². The summed E-state index contributed by atoms with van der Waals surface area (Å²) in [5, 5.41) is 2.84. The molecule has 0 bridgehead atoms. The summed E-state index contributed by atoms with van der Waals surface area (Å²) in [6, 6.07) is 23.4. The summed E-state index contributed by atoms with van der Waals surface area (Å²) in [6.07, 6.45) is 2.24. The monoisotopic (exact) mass is 480 g/mol. The third-order valence-corrected chi connectivity index (χ3v) is 7.23. The first-order valence-electron chi connectivity index (χ1n) is 11.6. The highest BCUT2D eigenvalue weighted by Gasteiger charge is 2.23. The van der Waals surface area contributed by atoms with Gasteiger partial charge in [-0.15, -0.1) is 0 Å². The second kappa shape index (κ2) is 12.3. The first-order valence-corrected chi connectivity index (χ1v) is 13.1. The van der Waals surface area contributed by atoms with E-state index in [-0.39, 0.29) is 10.8 Å². The topological polar surface area (TPSA) is 75.7 Å². The van der Waals surface area contributed by atoms with Gasteiger partial charge in [0.2, 0.25) is 10.0 Å². The number of nitrogens with zero attached hydrogens (tertiary/aromatic N) is 1. The Kier molecular flexibility index (Phi) is 9.24. The fraction of sp³-hybridized carbons (Fsp3) is 0.296. The molecule has 0 aromatic heterocycles. The molecule has 3 aromatic carbocycles. The number of anilines is 1. The van der Waals surface area contributed by atoms with Gasteiger partial charge in [-0.3, -0.25) is 4.79 Å². The Morgan fingerprint density at radius 3 is 2.12 bits per heavy atom. The Morgan fingerprint density at radius 1 is 0.853 bits per heavy atom. The summed E-state index contributed by atoms with van der Waals surface area (Å²) in [4.78, 5) is 13.1. The van der Waals surface area contributed by atoms with Gasteiger partial charge in [-0.05, 0) is 54.8 Å². The maximum atomic E-state index is 12.9. The molecule has 0 radical (unpaired) electrons. The molecule has 0 aliphatic rings. The molecule has 1 amide bonds. The highest BCUT2D eigenvalue weighted by atomic mass is 32.2. The smallest absolute Gasteiger partial charge is 0.259 e. The lowest BCUT2D eigenvalue weighted by Crippen LogP contribution is -2.32. The summed E-state index contributed by atoms with van der Waals surface area (Å²) in [6.45, 7) is 5.33. The van der Waals surface area contributed by atoms with Gasteiger partial charge in [0.25, 0.3) is 5.91 Å². The lowest BCUT2D eigenvalue weighted by molar-refractivity contribution is 0.102. The van der Waals surface area contributed by atoms with E-state index in [0.717, 1.165) is 24.8 Å². The number of ether oxygens (including phenoxy) is 1. The molecule has 0 spiro atoms. The van der Waals surface area contributed by atoms with Crippen LogP contribution in [0, 0.1) is 0 Å². The molecular formula is C27H32N2O4S. The van der Waals surface area contributed by atoms with Crippen LogP contribution in [0.4, 0.5) is 5.69 Å². The van der Waals surface area contributed by atoms with Gasteiger partial charge >= 0.3 is 0 Å². The molecule has 0 saturated carbocycles. The lowest BCUT2D eigenvalue weighted by Gasteiger charge is -2.21. The zero-order valence-electron chi connectivity index (χ0n) is 19.7. The maximum absolute atomic E-state index is 12.9. The minimum absolute atomic E-state index is 0.219. The van der Waals surface area contributed by atoms with E-state index in [1.54, 1.807) is 30.3 Å². The van der Waals surface area contributed by atoms with Crippen LogP contribution >= 0.6 is 0 Å². The number of rotatable bonds is 12. The molecule has 0 saturated heterocycles. The zero-order chi connectivity index (χ0) is 24.4. The first kappa shape index (κ1) is 25.5. The van der Waals surface area contributed by atoms with E-state index < -0.39 is 10.0 Å². The molecule has 0 heterocycles. The molecular weight excluding hydrogens is 448 g/mol. The van der Waals surface area contributed by atoms with Crippen molar-refractivity contribution >= 4 is 21.6 Å². The van der Waals surface area contributed by atoms with Gasteiger partial charge in [-0.25, -0.2) is 8.42 Å². The molecule has 0 atom stereocenters. The highest BCUT2D eigenvalue weighted by Crippen LogP contribution is 2.22. The van der Waals surface area contributed by atoms with Crippen molar-refractivity contribution in [3.63, 3.8) is 0 Å². The number of sulfonamides is 1. The molecule has 1 N–H and O–H groups in total. The SMILES string of the molecule is CCCN(CCC)S(=O)(=O)c1ccc(NC(=O)c2ccccc2OCCc2ccccc2)cc1. The zero-order valence-corrected chi connectivity index (χ0v) is 20.6. The number of nitrogens with one attached hydrogen (secondary N) is 1. The third kappa shape index (κ3) is 6.68. The van der Waals surface area contributed by atoms with Gasteiger partial charge in [0.05, 0.1) is 17.1 Å². The molecule has 0 aliphatic carbocycles. The largest absolute Gasteiger partial charge is 0.492 e. The molecule has 0 fully saturated rings. The highest BCUT2D eigenvalue weighted by molar-refractivity contribution is 7.89. The van der Waals surface area contributed by atoms with Gasteiger partial charge in [0.1, 0.15) is 5.75 Å². The molecule has 34 heavy (non-hydrogen) atoms. The van der Waals surface area contributed by atoms with E-state index in [0.29, 0.717) is 36.7 Å². The summed E-state index contributed by atoms with van der Waals surface area (Å²) < 4.78 is 33.3. The fourth-order valence-electron chi connectivity index (χ4n) is 3.61. The lowest BCUT2D eigenvalue weighted by atomic mass is 10.1. The van der Waals surface area contributed by atoms with E-state index >= 15 is 0 Å². The van der Waals surface area contributed by atoms with Crippen molar-refractivity contribution in [2.45, 2.75) is 38.0 Å². The van der Waals surface area contributed by atoms with Crippen LogP contribution in [0.15, 0.2) is 83.8 Å². The molecule has 3 aromatic rings. The van der Waals surface area contributed by atoms with Gasteiger partial charge in [0.15, 0.2) is 0 Å². The van der Waals surface area contributed by atoms with Crippen molar-refractivity contribution in [3.8, 4) is 5.75 Å². The minimum Gasteiger partial charge on any atom is -0.492 e. The Balaban J connectivity index is 1.67. The number of carbonyl (C=O) groups excluding carboxylic acids is 1. The van der Waals surface area contributed by atoms with Gasteiger partial charge in [-0.2, -0.15) is 4.31 Å². The van der Waals surface area contributed by atoms with Gasteiger partial charge < -0.3 is 10.1 Å². The number of hydrogen-bond acceptors (Lipinski definition) is 4.